The molecule has 0 saturated carbocycles. The molecule has 1 aliphatic rings. The Labute approximate surface area is 119 Å². The molecule has 0 spiro atoms. The number of thioether (sulfide) groups is 1. The Bertz CT molecular complexity index is 424. The molecule has 0 aromatic heterocycles. The smallest absolute Gasteiger partial charge is 0.251 e. The van der Waals surface area contributed by atoms with Crippen LogP contribution in [0.1, 0.15) is 35.7 Å². The van der Waals surface area contributed by atoms with Crippen LogP contribution in [-0.4, -0.2) is 30.0 Å². The summed E-state index contributed by atoms with van der Waals surface area (Å²) in [4.78, 5) is 11.4. The predicted octanol–water partition coefficient (Wildman–Crippen LogP) is 2.42. The quantitative estimate of drug-likeness (QED) is 0.869. The topological polar surface area (TPSA) is 41.1 Å². The highest BCUT2D eigenvalue weighted by Crippen LogP contribution is 2.36. The highest BCUT2D eigenvalue weighted by Gasteiger charge is 2.28. The van der Waals surface area contributed by atoms with Crippen molar-refractivity contribution in [1.29, 1.82) is 0 Å². The fourth-order valence-electron chi connectivity index (χ4n) is 2.37. The standard InChI is InChI=1S/C15H22N2OS/c1-15(8-3-9-19-15)11-17-10-12-4-6-13(7-5-12)14(18)16-2/h4-7,17H,3,8-11H2,1-2H3,(H,16,18). The van der Waals surface area contributed by atoms with Gasteiger partial charge in [-0.1, -0.05) is 12.1 Å². The Kier molecular flexibility index (Phi) is 4.88. The van der Waals surface area contributed by atoms with Crippen LogP contribution in [0.2, 0.25) is 0 Å². The van der Waals surface area contributed by atoms with E-state index in [2.05, 4.69) is 29.3 Å². The van der Waals surface area contributed by atoms with Crippen LogP contribution in [0.4, 0.5) is 0 Å². The predicted molar refractivity (Wildman–Crippen MR) is 81.6 cm³/mol. The van der Waals surface area contributed by atoms with Crippen molar-refractivity contribution in [3.8, 4) is 0 Å². The van der Waals surface area contributed by atoms with Gasteiger partial charge in [0.1, 0.15) is 0 Å². The minimum atomic E-state index is -0.0330. The van der Waals surface area contributed by atoms with E-state index in [9.17, 15) is 4.79 Å². The molecule has 2 rings (SSSR count). The van der Waals surface area contributed by atoms with Gasteiger partial charge < -0.3 is 10.6 Å². The Hall–Kier alpha value is -1.00. The number of hydrogen-bond acceptors (Lipinski definition) is 3. The van der Waals surface area contributed by atoms with E-state index in [1.54, 1.807) is 7.05 Å². The first-order valence-electron chi connectivity index (χ1n) is 6.79. The Morgan fingerprint density at radius 1 is 1.37 bits per heavy atom. The van der Waals surface area contributed by atoms with Gasteiger partial charge in [0.25, 0.3) is 5.91 Å². The molecule has 1 amide bonds. The molecule has 0 radical (unpaired) electrons. The van der Waals surface area contributed by atoms with E-state index in [0.29, 0.717) is 10.3 Å². The SMILES string of the molecule is CNC(=O)c1ccc(CNCC2(C)CCCS2)cc1. The van der Waals surface area contributed by atoms with Crippen LogP contribution >= 0.6 is 11.8 Å². The first kappa shape index (κ1) is 14.4. The number of benzene rings is 1. The van der Waals surface area contributed by atoms with Gasteiger partial charge >= 0.3 is 0 Å². The summed E-state index contributed by atoms with van der Waals surface area (Å²) >= 11 is 2.07. The second-order valence-corrected chi connectivity index (χ2v) is 6.96. The summed E-state index contributed by atoms with van der Waals surface area (Å²) in [6.45, 7) is 4.26. The first-order chi connectivity index (χ1) is 9.13. The van der Waals surface area contributed by atoms with Crippen LogP contribution in [0, 0.1) is 0 Å². The number of nitrogens with one attached hydrogen (secondary N) is 2. The molecule has 2 N–H and O–H groups in total. The molecule has 0 aliphatic carbocycles. The Morgan fingerprint density at radius 3 is 2.68 bits per heavy atom. The van der Waals surface area contributed by atoms with E-state index in [1.165, 1.54) is 24.2 Å². The maximum atomic E-state index is 11.4. The lowest BCUT2D eigenvalue weighted by Gasteiger charge is -2.23. The highest BCUT2D eigenvalue weighted by atomic mass is 32.2. The molecule has 104 valence electrons. The summed E-state index contributed by atoms with van der Waals surface area (Å²) in [6.07, 6.45) is 2.64. The zero-order valence-corrected chi connectivity index (χ0v) is 12.5. The molecule has 4 heteroatoms. The third kappa shape index (κ3) is 3.98. The number of carbonyl (C=O) groups is 1. The zero-order valence-electron chi connectivity index (χ0n) is 11.7. The van der Waals surface area contributed by atoms with Crippen LogP contribution in [0.3, 0.4) is 0 Å². The van der Waals surface area contributed by atoms with Gasteiger partial charge in [0.15, 0.2) is 0 Å². The van der Waals surface area contributed by atoms with Crippen molar-refractivity contribution < 1.29 is 4.79 Å². The molecule has 1 fully saturated rings. The second-order valence-electron chi connectivity index (χ2n) is 5.28. The van der Waals surface area contributed by atoms with Crippen LogP contribution in [0.25, 0.3) is 0 Å². The molecule has 0 bridgehead atoms. The van der Waals surface area contributed by atoms with E-state index in [-0.39, 0.29) is 5.91 Å². The van der Waals surface area contributed by atoms with E-state index in [4.69, 9.17) is 0 Å². The molecule has 19 heavy (non-hydrogen) atoms. The summed E-state index contributed by atoms with van der Waals surface area (Å²) in [5, 5.41) is 6.15. The minimum Gasteiger partial charge on any atom is -0.355 e. The second kappa shape index (κ2) is 6.44. The van der Waals surface area contributed by atoms with Gasteiger partial charge in [-0.2, -0.15) is 11.8 Å². The molecule has 3 nitrogen and oxygen atoms in total. The average Bonchev–Trinajstić information content (AvgIpc) is 2.86. The lowest BCUT2D eigenvalue weighted by molar-refractivity contribution is 0.0963. The van der Waals surface area contributed by atoms with E-state index in [0.717, 1.165) is 13.1 Å². The third-order valence-corrected chi connectivity index (χ3v) is 5.11. The number of rotatable bonds is 5. The average molecular weight is 278 g/mol. The van der Waals surface area contributed by atoms with Gasteiger partial charge in [0.05, 0.1) is 0 Å². The normalized spacial score (nSPS) is 22.4. The Balaban J connectivity index is 1.81. The summed E-state index contributed by atoms with van der Waals surface area (Å²) in [5.41, 5.74) is 1.93. The van der Waals surface area contributed by atoms with Crippen LogP contribution in [-0.2, 0) is 6.54 Å². The van der Waals surface area contributed by atoms with Crippen molar-refractivity contribution >= 4 is 17.7 Å². The van der Waals surface area contributed by atoms with E-state index in [1.807, 2.05) is 24.3 Å². The van der Waals surface area contributed by atoms with Crippen molar-refractivity contribution in [3.63, 3.8) is 0 Å². The maximum Gasteiger partial charge on any atom is 0.251 e. The molecular formula is C15H22N2OS. The van der Waals surface area contributed by atoms with Crippen LogP contribution < -0.4 is 10.6 Å². The van der Waals surface area contributed by atoms with Gasteiger partial charge in [-0.15, -0.1) is 0 Å². The molecule has 1 unspecified atom stereocenters. The summed E-state index contributed by atoms with van der Waals surface area (Å²) in [7, 11) is 1.65. The van der Waals surface area contributed by atoms with Crippen molar-refractivity contribution in [1.82, 2.24) is 10.6 Å². The van der Waals surface area contributed by atoms with E-state index < -0.39 is 0 Å². The van der Waals surface area contributed by atoms with Crippen molar-refractivity contribution in [2.24, 2.45) is 0 Å². The maximum absolute atomic E-state index is 11.4. The van der Waals surface area contributed by atoms with Gasteiger partial charge in [0.2, 0.25) is 0 Å². The fraction of sp³-hybridized carbons (Fsp3) is 0.533. The third-order valence-electron chi connectivity index (χ3n) is 3.57. The first-order valence-corrected chi connectivity index (χ1v) is 7.77. The van der Waals surface area contributed by atoms with Gasteiger partial charge in [-0.05, 0) is 43.2 Å². The molecule has 1 saturated heterocycles. The van der Waals surface area contributed by atoms with Crippen molar-refractivity contribution in [2.45, 2.75) is 31.1 Å². The largest absolute Gasteiger partial charge is 0.355 e. The fourth-order valence-corrected chi connectivity index (χ4v) is 3.64. The van der Waals surface area contributed by atoms with Crippen LogP contribution in [0.15, 0.2) is 24.3 Å². The zero-order chi connectivity index (χ0) is 13.7. The molecule has 1 atom stereocenters. The van der Waals surface area contributed by atoms with Gasteiger partial charge in [-0.25, -0.2) is 0 Å². The lowest BCUT2D eigenvalue weighted by atomic mass is 10.1. The number of amides is 1. The molecule has 1 aliphatic heterocycles. The van der Waals surface area contributed by atoms with Crippen molar-refractivity contribution in [2.75, 3.05) is 19.3 Å². The monoisotopic (exact) mass is 278 g/mol. The van der Waals surface area contributed by atoms with Crippen molar-refractivity contribution in [3.05, 3.63) is 35.4 Å². The Morgan fingerprint density at radius 2 is 2.11 bits per heavy atom. The van der Waals surface area contributed by atoms with Gasteiger partial charge in [0, 0.05) is 30.4 Å². The summed E-state index contributed by atoms with van der Waals surface area (Å²) in [5.74, 6) is 1.26. The number of carbonyl (C=O) groups excluding carboxylic acids is 1. The molecule has 1 aromatic carbocycles. The molecule has 1 aromatic rings. The summed E-state index contributed by atoms with van der Waals surface area (Å²) in [6, 6.07) is 7.78. The lowest BCUT2D eigenvalue weighted by Crippen LogP contribution is -2.32. The van der Waals surface area contributed by atoms with E-state index >= 15 is 0 Å². The highest BCUT2D eigenvalue weighted by molar-refractivity contribution is 8.00. The minimum absolute atomic E-state index is 0.0330. The molecule has 1 heterocycles. The molecular weight excluding hydrogens is 256 g/mol. The number of hydrogen-bond donors (Lipinski definition) is 2. The summed E-state index contributed by atoms with van der Waals surface area (Å²) < 4.78 is 0.405. The van der Waals surface area contributed by atoms with Crippen LogP contribution in [0.5, 0.6) is 0 Å². The van der Waals surface area contributed by atoms with Gasteiger partial charge in [-0.3, -0.25) is 4.79 Å².